The van der Waals surface area contributed by atoms with Gasteiger partial charge >= 0.3 is 6.03 Å². The van der Waals surface area contributed by atoms with E-state index in [2.05, 4.69) is 10.3 Å². The van der Waals surface area contributed by atoms with E-state index in [0.29, 0.717) is 26.9 Å². The molecule has 0 atom stereocenters. The molecule has 0 aliphatic heterocycles. The molecule has 2 rings (SSSR count). The van der Waals surface area contributed by atoms with Crippen molar-refractivity contribution in [3.05, 3.63) is 57.3 Å². The fourth-order valence-corrected chi connectivity index (χ4v) is 3.27. The molecule has 0 unspecified atom stereocenters. The minimum atomic E-state index is -0.793. The van der Waals surface area contributed by atoms with Crippen LogP contribution in [0.4, 0.5) is 10.5 Å². The first-order chi connectivity index (χ1) is 11.7. The summed E-state index contributed by atoms with van der Waals surface area (Å²) < 4.78 is 0.848. The van der Waals surface area contributed by atoms with Gasteiger partial charge in [0.25, 0.3) is 5.91 Å². The van der Waals surface area contributed by atoms with E-state index in [9.17, 15) is 9.59 Å². The number of benzene rings is 1. The summed E-state index contributed by atoms with van der Waals surface area (Å²) in [5.74, 6) is -0.643. The molecule has 0 radical (unpaired) electrons. The highest BCUT2D eigenvalue weighted by Gasteiger charge is 2.25. The van der Waals surface area contributed by atoms with Gasteiger partial charge < -0.3 is 0 Å². The number of halogens is 3. The number of urea groups is 1. The molecule has 25 heavy (non-hydrogen) atoms. The number of nitrogens with zero attached hydrogens (tertiary/aromatic N) is 2. The Morgan fingerprint density at radius 2 is 1.96 bits per heavy atom. The first-order valence-electron chi connectivity index (χ1n) is 7.43. The van der Waals surface area contributed by atoms with E-state index < -0.39 is 11.9 Å². The number of imide groups is 1. The third-order valence-corrected chi connectivity index (χ3v) is 4.64. The van der Waals surface area contributed by atoms with Crippen LogP contribution in [0.5, 0.6) is 0 Å². The van der Waals surface area contributed by atoms with Gasteiger partial charge in [-0.1, -0.05) is 37.0 Å². The number of anilines is 1. The van der Waals surface area contributed by atoms with Crippen LogP contribution >= 0.6 is 35.0 Å². The first-order valence-corrected chi connectivity index (χ1v) is 8.53. The highest BCUT2D eigenvalue weighted by Crippen LogP contribution is 2.41. The molecule has 1 heterocycles. The summed E-state index contributed by atoms with van der Waals surface area (Å²) in [5.41, 5.74) is 1.95. The minimum Gasteiger partial charge on any atom is -0.272 e. The van der Waals surface area contributed by atoms with Crippen LogP contribution in [-0.4, -0.2) is 16.9 Å². The molecule has 0 aliphatic carbocycles. The summed E-state index contributed by atoms with van der Waals surface area (Å²) in [4.78, 5) is 28.4. The molecule has 1 aromatic carbocycles. The lowest BCUT2D eigenvalue weighted by Gasteiger charge is -2.23. The Balaban J connectivity index is 2.34. The van der Waals surface area contributed by atoms with Crippen molar-refractivity contribution in [1.82, 2.24) is 10.3 Å². The molecule has 3 amide bonds. The fraction of sp³-hybridized carbons (Fsp3) is 0.235. The number of aryl methyl sites for hydroxylation is 1. The molecule has 0 fully saturated rings. The van der Waals surface area contributed by atoms with Crippen molar-refractivity contribution in [2.75, 3.05) is 4.42 Å². The van der Waals surface area contributed by atoms with E-state index in [4.69, 9.17) is 35.0 Å². The third kappa shape index (κ3) is 4.24. The highest BCUT2D eigenvalue weighted by atomic mass is 35.5. The summed E-state index contributed by atoms with van der Waals surface area (Å²) in [6.45, 7) is 5.57. The van der Waals surface area contributed by atoms with Crippen LogP contribution in [0.2, 0.25) is 10.0 Å². The lowest BCUT2D eigenvalue weighted by molar-refractivity contribution is 0.0966. The van der Waals surface area contributed by atoms with Crippen molar-refractivity contribution in [3.8, 4) is 0 Å². The minimum absolute atomic E-state index is 0.0389. The fourth-order valence-electron chi connectivity index (χ4n) is 2.37. The Kier molecular flexibility index (Phi) is 6.27. The Bertz CT molecular complexity index is 811. The van der Waals surface area contributed by atoms with Crippen LogP contribution in [0, 0.1) is 6.92 Å². The van der Waals surface area contributed by atoms with Gasteiger partial charge in [0.15, 0.2) is 0 Å². The molecule has 1 aromatic heterocycles. The summed E-state index contributed by atoms with van der Waals surface area (Å²) in [5, 5.41) is 2.93. The van der Waals surface area contributed by atoms with Gasteiger partial charge in [0.2, 0.25) is 0 Å². The molecule has 0 saturated heterocycles. The number of carbonyl (C=O) groups is 2. The van der Waals surface area contributed by atoms with Gasteiger partial charge in [-0.25, -0.2) is 9.21 Å². The molecular weight excluding hydrogens is 385 g/mol. The summed E-state index contributed by atoms with van der Waals surface area (Å²) in [6, 6.07) is 3.96. The van der Waals surface area contributed by atoms with Crippen LogP contribution in [0.3, 0.4) is 0 Å². The molecule has 0 aliphatic rings. The number of rotatable bonds is 3. The van der Waals surface area contributed by atoms with Gasteiger partial charge in [-0.05, 0) is 36.6 Å². The van der Waals surface area contributed by atoms with E-state index >= 15 is 0 Å². The van der Waals surface area contributed by atoms with E-state index in [0.717, 1.165) is 4.42 Å². The Morgan fingerprint density at radius 3 is 2.52 bits per heavy atom. The number of nitrogens with one attached hydrogen (secondary N) is 1. The maximum Gasteiger partial charge on any atom is 0.343 e. The smallest absolute Gasteiger partial charge is 0.272 e. The van der Waals surface area contributed by atoms with Crippen LogP contribution < -0.4 is 9.74 Å². The summed E-state index contributed by atoms with van der Waals surface area (Å²) in [6.07, 6.45) is 2.88. The second-order valence-corrected chi connectivity index (χ2v) is 6.81. The predicted molar refractivity (Wildman–Crippen MR) is 101 cm³/mol. The van der Waals surface area contributed by atoms with Gasteiger partial charge in [-0.3, -0.25) is 15.1 Å². The zero-order valence-corrected chi connectivity index (χ0v) is 16.1. The number of pyridine rings is 1. The quantitative estimate of drug-likeness (QED) is 0.708. The molecule has 132 valence electrons. The van der Waals surface area contributed by atoms with E-state index in [1.165, 1.54) is 18.5 Å². The van der Waals surface area contributed by atoms with E-state index in [-0.39, 0.29) is 11.5 Å². The second kappa shape index (κ2) is 8.04. The molecule has 2 aromatic rings. The van der Waals surface area contributed by atoms with Crippen LogP contribution in [0.15, 0.2) is 30.6 Å². The average Bonchev–Trinajstić information content (AvgIpc) is 2.57. The van der Waals surface area contributed by atoms with Crippen molar-refractivity contribution in [2.24, 2.45) is 0 Å². The Morgan fingerprint density at radius 1 is 1.28 bits per heavy atom. The second-order valence-electron chi connectivity index (χ2n) is 5.69. The monoisotopic (exact) mass is 399 g/mol. The average molecular weight is 401 g/mol. The Labute approximate surface area is 161 Å². The third-order valence-electron chi connectivity index (χ3n) is 3.51. The van der Waals surface area contributed by atoms with Crippen molar-refractivity contribution in [1.29, 1.82) is 0 Å². The van der Waals surface area contributed by atoms with Gasteiger partial charge in [0.1, 0.15) is 0 Å². The van der Waals surface area contributed by atoms with Crippen molar-refractivity contribution in [3.63, 3.8) is 0 Å². The summed E-state index contributed by atoms with van der Waals surface area (Å²) in [7, 11) is 0. The van der Waals surface area contributed by atoms with Crippen molar-refractivity contribution >= 4 is 52.6 Å². The molecule has 0 saturated carbocycles. The molecule has 5 nitrogen and oxygen atoms in total. The number of hydrogen-bond donors (Lipinski definition) is 1. The van der Waals surface area contributed by atoms with Gasteiger partial charge in [0.05, 0.1) is 21.3 Å². The number of aromatic nitrogens is 1. The van der Waals surface area contributed by atoms with Crippen LogP contribution in [-0.2, 0) is 0 Å². The van der Waals surface area contributed by atoms with E-state index in [1.54, 1.807) is 19.1 Å². The molecule has 0 spiro atoms. The first kappa shape index (κ1) is 19.5. The van der Waals surface area contributed by atoms with Gasteiger partial charge in [-0.2, -0.15) is 0 Å². The largest absolute Gasteiger partial charge is 0.343 e. The molecule has 0 bridgehead atoms. The van der Waals surface area contributed by atoms with Gasteiger partial charge in [0, 0.05) is 29.7 Å². The number of amides is 3. The maximum absolute atomic E-state index is 12.4. The maximum atomic E-state index is 12.4. The zero-order valence-electron chi connectivity index (χ0n) is 13.8. The topological polar surface area (TPSA) is 62.3 Å². The number of carbonyl (C=O) groups excluding carboxylic acids is 2. The van der Waals surface area contributed by atoms with Gasteiger partial charge in [-0.15, -0.1) is 0 Å². The lowest BCUT2D eigenvalue weighted by Crippen LogP contribution is -2.39. The zero-order chi connectivity index (χ0) is 18.7. The molecule has 1 N–H and O–H groups in total. The van der Waals surface area contributed by atoms with Crippen molar-refractivity contribution < 1.29 is 9.59 Å². The SMILES string of the molecule is Cc1cc(Cl)c(Cl)c(C(C)C)c1N(Cl)C(=O)NC(=O)c1cccnc1. The normalized spacial score (nSPS) is 10.7. The highest BCUT2D eigenvalue weighted by molar-refractivity contribution is 6.44. The van der Waals surface area contributed by atoms with Crippen LogP contribution in [0.25, 0.3) is 0 Å². The van der Waals surface area contributed by atoms with E-state index in [1.807, 2.05) is 13.8 Å². The standard InChI is InChI=1S/C17H16Cl3N3O2/c1-9(2)13-14(19)12(18)7-10(3)15(13)23(20)17(25)22-16(24)11-5-4-6-21-8-11/h4-9H,1-3H3,(H,22,24,25). The lowest BCUT2D eigenvalue weighted by atomic mass is 9.98. The van der Waals surface area contributed by atoms with Crippen LogP contribution in [0.1, 0.15) is 41.3 Å². The Hall–Kier alpha value is -1.82. The number of hydrogen-bond acceptors (Lipinski definition) is 3. The molecular formula is C17H16Cl3N3O2. The summed E-state index contributed by atoms with van der Waals surface area (Å²) >= 11 is 18.6. The van der Waals surface area contributed by atoms with Crippen molar-refractivity contribution in [2.45, 2.75) is 26.7 Å². The predicted octanol–water partition coefficient (Wildman–Crippen LogP) is 5.33. The molecule has 8 heteroatoms.